The van der Waals surface area contributed by atoms with Gasteiger partial charge in [-0.2, -0.15) is 0 Å². The molecule has 0 aliphatic heterocycles. The normalized spacial score (nSPS) is 17.9. The lowest BCUT2D eigenvalue weighted by Gasteiger charge is -2.33. The predicted molar refractivity (Wildman–Crippen MR) is 87.1 cm³/mol. The molecule has 21 heavy (non-hydrogen) atoms. The van der Waals surface area contributed by atoms with Crippen LogP contribution in [0, 0.1) is 10.8 Å². The highest BCUT2D eigenvalue weighted by Crippen LogP contribution is 2.40. The molecule has 4 nitrogen and oxygen atoms in total. The highest BCUT2D eigenvalue weighted by molar-refractivity contribution is 5.82. The SMILES string of the molecule is CCOCCC1(CNC(=O)C(CC)(CC)CN)CCCC1. The van der Waals surface area contributed by atoms with Gasteiger partial charge in [0.15, 0.2) is 0 Å². The minimum atomic E-state index is -0.389. The number of rotatable bonds is 10. The monoisotopic (exact) mass is 298 g/mol. The molecule has 3 N–H and O–H groups in total. The Hall–Kier alpha value is -0.610. The third-order valence-electron chi connectivity index (χ3n) is 5.49. The van der Waals surface area contributed by atoms with Gasteiger partial charge in [-0.25, -0.2) is 0 Å². The second-order valence-corrected chi connectivity index (χ2v) is 6.53. The van der Waals surface area contributed by atoms with Crippen molar-refractivity contribution >= 4 is 5.91 Å². The van der Waals surface area contributed by atoms with E-state index in [2.05, 4.69) is 19.2 Å². The molecule has 0 atom stereocenters. The Morgan fingerprint density at radius 1 is 1.24 bits per heavy atom. The molecule has 0 bridgehead atoms. The predicted octanol–water partition coefficient (Wildman–Crippen LogP) is 2.85. The molecule has 1 saturated carbocycles. The van der Waals surface area contributed by atoms with Crippen LogP contribution in [0.2, 0.25) is 0 Å². The van der Waals surface area contributed by atoms with Crippen molar-refractivity contribution in [1.29, 1.82) is 0 Å². The van der Waals surface area contributed by atoms with Gasteiger partial charge >= 0.3 is 0 Å². The molecule has 0 saturated heterocycles. The van der Waals surface area contributed by atoms with Gasteiger partial charge in [-0.05, 0) is 44.4 Å². The molecule has 0 aromatic rings. The van der Waals surface area contributed by atoms with Gasteiger partial charge in [-0.1, -0.05) is 26.7 Å². The maximum Gasteiger partial charge on any atom is 0.227 e. The summed E-state index contributed by atoms with van der Waals surface area (Å²) < 4.78 is 5.53. The molecule has 0 aromatic heterocycles. The van der Waals surface area contributed by atoms with Gasteiger partial charge in [-0.15, -0.1) is 0 Å². The lowest BCUT2D eigenvalue weighted by Crippen LogP contribution is -2.48. The minimum absolute atomic E-state index is 0.137. The van der Waals surface area contributed by atoms with Gasteiger partial charge in [0.1, 0.15) is 0 Å². The first-order chi connectivity index (χ1) is 10.1. The van der Waals surface area contributed by atoms with E-state index in [-0.39, 0.29) is 16.7 Å². The lowest BCUT2D eigenvalue weighted by molar-refractivity contribution is -0.131. The van der Waals surface area contributed by atoms with Crippen LogP contribution in [0.15, 0.2) is 0 Å². The Kier molecular flexibility index (Phi) is 7.67. The van der Waals surface area contributed by atoms with Crippen LogP contribution in [0.3, 0.4) is 0 Å². The fourth-order valence-corrected chi connectivity index (χ4v) is 3.48. The van der Waals surface area contributed by atoms with Crippen molar-refractivity contribution in [2.45, 2.75) is 65.7 Å². The number of carbonyl (C=O) groups excluding carboxylic acids is 1. The molecule has 4 heteroatoms. The summed E-state index contributed by atoms with van der Waals surface area (Å²) in [6.45, 7) is 8.91. The number of hydrogen-bond donors (Lipinski definition) is 2. The molecule has 0 unspecified atom stereocenters. The number of hydrogen-bond acceptors (Lipinski definition) is 3. The van der Waals surface area contributed by atoms with Crippen molar-refractivity contribution in [2.75, 3.05) is 26.3 Å². The first-order valence-corrected chi connectivity index (χ1v) is 8.64. The number of ether oxygens (including phenoxy) is 1. The Labute approximate surface area is 130 Å². The second-order valence-electron chi connectivity index (χ2n) is 6.53. The number of amides is 1. The largest absolute Gasteiger partial charge is 0.382 e. The topological polar surface area (TPSA) is 64.3 Å². The zero-order valence-corrected chi connectivity index (χ0v) is 14.2. The van der Waals surface area contributed by atoms with Gasteiger partial charge in [-0.3, -0.25) is 4.79 Å². The highest BCUT2D eigenvalue weighted by Gasteiger charge is 2.37. The van der Waals surface area contributed by atoms with Crippen molar-refractivity contribution in [3.05, 3.63) is 0 Å². The summed E-state index contributed by atoms with van der Waals surface area (Å²) >= 11 is 0. The highest BCUT2D eigenvalue weighted by atomic mass is 16.5. The molecular formula is C17H34N2O2. The van der Waals surface area contributed by atoms with E-state index in [1.807, 2.05) is 6.92 Å². The van der Waals surface area contributed by atoms with E-state index in [1.165, 1.54) is 25.7 Å². The molecule has 0 aromatic carbocycles. The van der Waals surface area contributed by atoms with Crippen LogP contribution < -0.4 is 11.1 Å². The number of nitrogens with two attached hydrogens (primary N) is 1. The third-order valence-corrected chi connectivity index (χ3v) is 5.49. The van der Waals surface area contributed by atoms with Crippen molar-refractivity contribution < 1.29 is 9.53 Å². The molecule has 1 aliphatic rings. The molecule has 1 amide bonds. The van der Waals surface area contributed by atoms with E-state index in [4.69, 9.17) is 10.5 Å². The lowest BCUT2D eigenvalue weighted by atomic mass is 9.79. The molecule has 124 valence electrons. The average molecular weight is 298 g/mol. The standard InChI is InChI=1S/C17H34N2O2/c1-4-17(5-2,13-18)15(20)19-14-16(9-7-8-10-16)11-12-21-6-3/h4-14,18H2,1-3H3,(H,19,20). The fourth-order valence-electron chi connectivity index (χ4n) is 3.48. The summed E-state index contributed by atoms with van der Waals surface area (Å²) in [7, 11) is 0. The maximum atomic E-state index is 12.6. The van der Waals surface area contributed by atoms with Crippen LogP contribution in [0.5, 0.6) is 0 Å². The van der Waals surface area contributed by atoms with Crippen molar-refractivity contribution in [3.8, 4) is 0 Å². The van der Waals surface area contributed by atoms with Crippen molar-refractivity contribution in [3.63, 3.8) is 0 Å². The molecule has 0 heterocycles. The first-order valence-electron chi connectivity index (χ1n) is 8.64. The molecule has 1 aliphatic carbocycles. The summed E-state index contributed by atoms with van der Waals surface area (Å²) in [4.78, 5) is 12.6. The van der Waals surface area contributed by atoms with Gasteiger partial charge in [0.25, 0.3) is 0 Å². The molecule has 1 rings (SSSR count). The number of nitrogens with one attached hydrogen (secondary N) is 1. The second kappa shape index (κ2) is 8.74. The summed E-state index contributed by atoms with van der Waals surface area (Å²) in [5, 5.41) is 3.21. The van der Waals surface area contributed by atoms with E-state index >= 15 is 0 Å². The molecule has 1 fully saturated rings. The van der Waals surface area contributed by atoms with E-state index < -0.39 is 0 Å². The minimum Gasteiger partial charge on any atom is -0.382 e. The van der Waals surface area contributed by atoms with Crippen LogP contribution >= 0.6 is 0 Å². The Morgan fingerprint density at radius 3 is 2.33 bits per heavy atom. The summed E-state index contributed by atoms with van der Waals surface area (Å²) in [6, 6.07) is 0. The van der Waals surface area contributed by atoms with Crippen molar-refractivity contribution in [1.82, 2.24) is 5.32 Å². The maximum absolute atomic E-state index is 12.6. The summed E-state index contributed by atoms with van der Waals surface area (Å²) in [6.07, 6.45) is 7.60. The van der Waals surface area contributed by atoms with E-state index in [0.717, 1.165) is 39.0 Å². The fraction of sp³-hybridized carbons (Fsp3) is 0.941. The summed E-state index contributed by atoms with van der Waals surface area (Å²) in [5.74, 6) is 0.137. The Morgan fingerprint density at radius 2 is 1.86 bits per heavy atom. The van der Waals surface area contributed by atoms with Gasteiger partial charge < -0.3 is 15.8 Å². The van der Waals surface area contributed by atoms with Crippen LogP contribution in [-0.2, 0) is 9.53 Å². The van der Waals surface area contributed by atoms with Crippen LogP contribution in [0.4, 0.5) is 0 Å². The molecular weight excluding hydrogens is 264 g/mol. The Bertz CT molecular complexity index is 300. The van der Waals surface area contributed by atoms with Crippen LogP contribution in [0.1, 0.15) is 65.7 Å². The van der Waals surface area contributed by atoms with Gasteiger partial charge in [0, 0.05) is 26.3 Å². The van der Waals surface area contributed by atoms with Gasteiger partial charge in [0.2, 0.25) is 5.91 Å². The van der Waals surface area contributed by atoms with Crippen LogP contribution in [0.25, 0.3) is 0 Å². The van der Waals surface area contributed by atoms with E-state index in [0.29, 0.717) is 6.54 Å². The number of carbonyl (C=O) groups is 1. The molecule has 0 radical (unpaired) electrons. The third kappa shape index (κ3) is 4.68. The van der Waals surface area contributed by atoms with Gasteiger partial charge in [0.05, 0.1) is 5.41 Å². The van der Waals surface area contributed by atoms with E-state index in [9.17, 15) is 4.79 Å². The zero-order chi connectivity index (χ0) is 15.8. The van der Waals surface area contributed by atoms with E-state index in [1.54, 1.807) is 0 Å². The summed E-state index contributed by atoms with van der Waals surface area (Å²) in [5.41, 5.74) is 5.72. The zero-order valence-electron chi connectivity index (χ0n) is 14.2. The first kappa shape index (κ1) is 18.4. The molecule has 0 spiro atoms. The smallest absolute Gasteiger partial charge is 0.227 e. The quantitative estimate of drug-likeness (QED) is 0.610. The van der Waals surface area contributed by atoms with Crippen LogP contribution in [-0.4, -0.2) is 32.2 Å². The average Bonchev–Trinajstić information content (AvgIpc) is 2.97. The van der Waals surface area contributed by atoms with Crippen molar-refractivity contribution in [2.24, 2.45) is 16.6 Å². The Balaban J connectivity index is 2.58.